The second kappa shape index (κ2) is 10.7. The molecule has 0 saturated heterocycles. The largest absolute Gasteiger partial charge is 0.379 e. The Morgan fingerprint density at radius 2 is 1.97 bits per heavy atom. The van der Waals surface area contributed by atoms with Gasteiger partial charge in [0.25, 0.3) is 10.0 Å². The Morgan fingerprint density at radius 1 is 1.16 bits per heavy atom. The maximum Gasteiger partial charge on any atom is 0.265 e. The number of para-hydroxylation sites is 1. The number of anilines is 4. The fourth-order valence-electron chi connectivity index (χ4n) is 3.14. The molecule has 0 spiro atoms. The number of sulfonamides is 1. The summed E-state index contributed by atoms with van der Waals surface area (Å²) in [6.45, 7) is 2.58. The summed E-state index contributed by atoms with van der Waals surface area (Å²) in [5.41, 5.74) is 2.41. The molecule has 7 nitrogen and oxygen atoms in total. The van der Waals surface area contributed by atoms with E-state index in [0.29, 0.717) is 12.2 Å². The number of nitrogens with one attached hydrogen (secondary N) is 4. The molecule has 0 bridgehead atoms. The predicted molar refractivity (Wildman–Crippen MR) is 125 cm³/mol. The van der Waals surface area contributed by atoms with E-state index < -0.39 is 26.6 Å². The molecular weight excluding hydrogens is 456 g/mol. The molecule has 3 rings (SSSR count). The van der Waals surface area contributed by atoms with Crippen LogP contribution in [0.5, 0.6) is 0 Å². The molecule has 0 fully saturated rings. The molecule has 0 radical (unpaired) electrons. The molecule has 0 saturated carbocycles. The molecule has 0 aliphatic carbocycles. The second-order valence-corrected chi connectivity index (χ2v) is 9.44. The highest BCUT2D eigenvalue weighted by Crippen LogP contribution is 2.30. The van der Waals surface area contributed by atoms with E-state index in [1.165, 1.54) is 40.4 Å². The van der Waals surface area contributed by atoms with Gasteiger partial charge in [-0.2, -0.15) is 0 Å². The van der Waals surface area contributed by atoms with Gasteiger partial charge < -0.3 is 16.0 Å². The Bertz CT molecular complexity index is 1140. The van der Waals surface area contributed by atoms with E-state index in [0.717, 1.165) is 25.0 Å². The van der Waals surface area contributed by atoms with Gasteiger partial charge in [-0.05, 0) is 43.8 Å². The fourth-order valence-corrected chi connectivity index (χ4v) is 4.76. The number of hydrogen-bond acceptors (Lipinski definition) is 7. The van der Waals surface area contributed by atoms with Gasteiger partial charge in [0, 0.05) is 23.7 Å². The summed E-state index contributed by atoms with van der Waals surface area (Å²) in [7, 11) is -2.28. The maximum atomic E-state index is 14.7. The van der Waals surface area contributed by atoms with E-state index in [2.05, 4.69) is 32.6 Å². The van der Waals surface area contributed by atoms with Crippen LogP contribution >= 0.6 is 11.3 Å². The first-order chi connectivity index (χ1) is 15.3. The zero-order valence-electron chi connectivity index (χ0n) is 17.7. The standard InChI is InChI=1S/C21H25F2N5O2S2/c1-3-5-15(24-2)11-25-21-16(22)6-4-7-18(21)27-14-8-9-19(17(23)10-14)32(29,30)28-20-12-31-13-26-20/h4,6-10,12-13,15,24-25,27-28H,3,5,11H2,1-2H3. The van der Waals surface area contributed by atoms with Crippen LogP contribution in [-0.2, 0) is 10.0 Å². The van der Waals surface area contributed by atoms with Crippen LogP contribution in [0.25, 0.3) is 0 Å². The zero-order valence-corrected chi connectivity index (χ0v) is 19.3. The van der Waals surface area contributed by atoms with Gasteiger partial charge >= 0.3 is 0 Å². The van der Waals surface area contributed by atoms with Crippen molar-refractivity contribution in [3.05, 3.63) is 58.9 Å². The number of likely N-dealkylation sites (N-methyl/N-ethyl adjacent to an activating group) is 1. The smallest absolute Gasteiger partial charge is 0.265 e. The number of thiazole rings is 1. The van der Waals surface area contributed by atoms with E-state index in [4.69, 9.17) is 0 Å². The van der Waals surface area contributed by atoms with Gasteiger partial charge in [0.1, 0.15) is 16.5 Å². The van der Waals surface area contributed by atoms with E-state index in [1.54, 1.807) is 6.07 Å². The number of hydrogen-bond donors (Lipinski definition) is 4. The predicted octanol–water partition coefficient (Wildman–Crippen LogP) is 4.77. The van der Waals surface area contributed by atoms with Gasteiger partial charge in [0.05, 0.1) is 16.9 Å². The van der Waals surface area contributed by atoms with E-state index in [9.17, 15) is 17.2 Å². The summed E-state index contributed by atoms with van der Waals surface area (Å²) in [4.78, 5) is 3.33. The van der Waals surface area contributed by atoms with E-state index >= 15 is 0 Å². The SMILES string of the molecule is CCCC(CNc1c(F)cccc1Nc1ccc(S(=O)(=O)Nc2cscn2)c(F)c1)NC. The first-order valence-electron chi connectivity index (χ1n) is 10.0. The van der Waals surface area contributed by atoms with Gasteiger partial charge in [-0.1, -0.05) is 19.4 Å². The third kappa shape index (κ3) is 5.93. The summed E-state index contributed by atoms with van der Waals surface area (Å²) < 4.78 is 56.3. The topological polar surface area (TPSA) is 95.1 Å². The minimum Gasteiger partial charge on any atom is -0.379 e. The highest BCUT2D eigenvalue weighted by Gasteiger charge is 2.21. The molecule has 0 aliphatic rings. The fraction of sp³-hybridized carbons (Fsp3) is 0.286. The van der Waals surface area contributed by atoms with Crippen LogP contribution < -0.4 is 20.7 Å². The van der Waals surface area contributed by atoms with Gasteiger partial charge in [-0.15, -0.1) is 11.3 Å². The minimum atomic E-state index is -4.13. The Balaban J connectivity index is 1.79. The lowest BCUT2D eigenvalue weighted by atomic mass is 10.1. The Kier molecular flexibility index (Phi) is 7.99. The molecule has 4 N–H and O–H groups in total. The molecule has 0 aliphatic heterocycles. The van der Waals surface area contributed by atoms with Crippen molar-refractivity contribution < 1.29 is 17.2 Å². The molecule has 1 unspecified atom stereocenters. The van der Waals surface area contributed by atoms with E-state index in [1.807, 2.05) is 7.05 Å². The average molecular weight is 482 g/mol. The number of halogens is 2. The van der Waals surface area contributed by atoms with Crippen LogP contribution in [-0.4, -0.2) is 33.0 Å². The van der Waals surface area contributed by atoms with Crippen molar-refractivity contribution >= 4 is 44.2 Å². The molecule has 1 aromatic heterocycles. The second-order valence-electron chi connectivity index (χ2n) is 7.07. The van der Waals surface area contributed by atoms with Crippen molar-refractivity contribution in [1.29, 1.82) is 0 Å². The van der Waals surface area contributed by atoms with Crippen molar-refractivity contribution in [3.8, 4) is 0 Å². The number of benzene rings is 2. The molecule has 1 atom stereocenters. The molecule has 11 heteroatoms. The molecule has 0 amide bonds. The number of rotatable bonds is 11. The van der Waals surface area contributed by atoms with Crippen molar-refractivity contribution in [2.45, 2.75) is 30.7 Å². The van der Waals surface area contributed by atoms with Crippen LogP contribution in [0.4, 0.5) is 31.7 Å². The highest BCUT2D eigenvalue weighted by molar-refractivity contribution is 7.92. The van der Waals surface area contributed by atoms with Crippen molar-refractivity contribution in [1.82, 2.24) is 10.3 Å². The van der Waals surface area contributed by atoms with Crippen LogP contribution in [0.15, 0.2) is 52.2 Å². The third-order valence-electron chi connectivity index (χ3n) is 4.76. The Morgan fingerprint density at radius 3 is 2.62 bits per heavy atom. The molecule has 172 valence electrons. The lowest BCUT2D eigenvalue weighted by molar-refractivity contribution is 0.535. The summed E-state index contributed by atoms with van der Waals surface area (Å²) in [6, 6.07) is 8.32. The van der Waals surface area contributed by atoms with Crippen molar-refractivity contribution in [2.75, 3.05) is 28.9 Å². The number of aromatic nitrogens is 1. The molecule has 1 heterocycles. The summed E-state index contributed by atoms with van der Waals surface area (Å²) in [5, 5.41) is 10.8. The first-order valence-corrected chi connectivity index (χ1v) is 12.4. The van der Waals surface area contributed by atoms with E-state index in [-0.39, 0.29) is 23.2 Å². The lowest BCUT2D eigenvalue weighted by Gasteiger charge is -2.20. The van der Waals surface area contributed by atoms with Crippen LogP contribution in [0, 0.1) is 11.6 Å². The van der Waals surface area contributed by atoms with Gasteiger partial charge in [-0.3, -0.25) is 4.72 Å². The molecule has 32 heavy (non-hydrogen) atoms. The summed E-state index contributed by atoms with van der Waals surface area (Å²) in [6.07, 6.45) is 1.91. The first kappa shape index (κ1) is 23.9. The molecular formula is C21H25F2N5O2S2. The lowest BCUT2D eigenvalue weighted by Crippen LogP contribution is -2.32. The van der Waals surface area contributed by atoms with Crippen LogP contribution in [0.2, 0.25) is 0 Å². The summed E-state index contributed by atoms with van der Waals surface area (Å²) in [5.74, 6) is -1.27. The van der Waals surface area contributed by atoms with Gasteiger partial charge in [0.2, 0.25) is 0 Å². The van der Waals surface area contributed by atoms with Crippen LogP contribution in [0.3, 0.4) is 0 Å². The van der Waals surface area contributed by atoms with Crippen molar-refractivity contribution in [2.24, 2.45) is 0 Å². The zero-order chi connectivity index (χ0) is 23.1. The Hall–Kier alpha value is -2.76. The monoisotopic (exact) mass is 481 g/mol. The number of nitrogens with zero attached hydrogens (tertiary/aromatic N) is 1. The molecule has 3 aromatic rings. The highest BCUT2D eigenvalue weighted by atomic mass is 32.2. The average Bonchev–Trinajstić information content (AvgIpc) is 3.24. The third-order valence-corrected chi connectivity index (χ3v) is 6.73. The van der Waals surface area contributed by atoms with Gasteiger partial charge in [-0.25, -0.2) is 22.2 Å². The normalized spacial score (nSPS) is 12.4. The Labute approximate surface area is 190 Å². The van der Waals surface area contributed by atoms with Gasteiger partial charge in [0.15, 0.2) is 5.82 Å². The minimum absolute atomic E-state index is 0.120. The summed E-state index contributed by atoms with van der Waals surface area (Å²) >= 11 is 1.21. The maximum absolute atomic E-state index is 14.7. The molecule has 2 aromatic carbocycles. The van der Waals surface area contributed by atoms with Crippen molar-refractivity contribution in [3.63, 3.8) is 0 Å². The quantitative estimate of drug-likeness (QED) is 0.315. The van der Waals surface area contributed by atoms with Crippen LogP contribution in [0.1, 0.15) is 19.8 Å².